The van der Waals surface area contributed by atoms with Crippen LogP contribution in [0, 0.1) is 0 Å². The highest BCUT2D eigenvalue weighted by molar-refractivity contribution is 6.33. The monoisotopic (exact) mass is 325 g/mol. The molecule has 1 aromatic heterocycles. The van der Waals surface area contributed by atoms with Crippen LogP contribution in [0.2, 0.25) is 5.02 Å². The van der Waals surface area contributed by atoms with Crippen LogP contribution in [-0.2, 0) is 12.4 Å². The van der Waals surface area contributed by atoms with E-state index in [1.807, 2.05) is 0 Å². The van der Waals surface area contributed by atoms with E-state index in [0.29, 0.717) is 12.3 Å². The van der Waals surface area contributed by atoms with Gasteiger partial charge in [0, 0.05) is 11.8 Å². The number of nitrogens with zero attached hydrogens (tertiary/aromatic N) is 1. The van der Waals surface area contributed by atoms with Crippen LogP contribution in [0.4, 0.5) is 26.3 Å². The van der Waals surface area contributed by atoms with Crippen molar-refractivity contribution in [3.63, 3.8) is 0 Å². The molecule has 1 heterocycles. The second kappa shape index (κ2) is 5.22. The van der Waals surface area contributed by atoms with Gasteiger partial charge in [0.2, 0.25) is 0 Å². The predicted molar refractivity (Wildman–Crippen MR) is 64.7 cm³/mol. The first-order valence-electron chi connectivity index (χ1n) is 5.49. The summed E-state index contributed by atoms with van der Waals surface area (Å²) in [5, 5.41) is -0.287. The van der Waals surface area contributed by atoms with Crippen molar-refractivity contribution in [3.05, 3.63) is 52.7 Å². The summed E-state index contributed by atoms with van der Waals surface area (Å²) in [5.41, 5.74) is -1.71. The lowest BCUT2D eigenvalue weighted by atomic mass is 10.1. The summed E-state index contributed by atoms with van der Waals surface area (Å²) in [6.45, 7) is 0. The highest BCUT2D eigenvalue weighted by atomic mass is 35.5. The number of hydrogen-bond acceptors (Lipinski definition) is 1. The van der Waals surface area contributed by atoms with Gasteiger partial charge in [0.05, 0.1) is 21.8 Å². The number of hydrogen-bond donors (Lipinski definition) is 0. The van der Waals surface area contributed by atoms with Crippen LogP contribution in [0.3, 0.4) is 0 Å². The quantitative estimate of drug-likeness (QED) is 0.636. The van der Waals surface area contributed by atoms with Crippen LogP contribution >= 0.6 is 11.6 Å². The van der Waals surface area contributed by atoms with Crippen LogP contribution in [0.15, 0.2) is 36.5 Å². The van der Waals surface area contributed by atoms with E-state index in [4.69, 9.17) is 11.6 Å². The molecule has 0 radical (unpaired) electrons. The zero-order valence-electron chi connectivity index (χ0n) is 10.1. The molecular formula is C13H6ClF6N. The highest BCUT2D eigenvalue weighted by Gasteiger charge is 2.32. The first-order valence-corrected chi connectivity index (χ1v) is 5.87. The van der Waals surface area contributed by atoms with Gasteiger partial charge in [-0.25, -0.2) is 0 Å². The maximum atomic E-state index is 12.5. The van der Waals surface area contributed by atoms with E-state index in [1.165, 1.54) is 0 Å². The Labute approximate surface area is 120 Å². The first kappa shape index (κ1) is 15.6. The summed E-state index contributed by atoms with van der Waals surface area (Å²) in [6.07, 6.45) is -8.50. The Morgan fingerprint density at radius 1 is 0.810 bits per heavy atom. The van der Waals surface area contributed by atoms with E-state index in [-0.39, 0.29) is 16.3 Å². The molecule has 21 heavy (non-hydrogen) atoms. The van der Waals surface area contributed by atoms with Gasteiger partial charge in [-0.3, -0.25) is 4.98 Å². The summed E-state index contributed by atoms with van der Waals surface area (Å²) < 4.78 is 74.6. The summed E-state index contributed by atoms with van der Waals surface area (Å²) in [5.74, 6) is 0. The Morgan fingerprint density at radius 2 is 1.33 bits per heavy atom. The molecule has 8 heteroatoms. The van der Waals surface area contributed by atoms with Gasteiger partial charge in [-0.15, -0.1) is 0 Å². The smallest absolute Gasteiger partial charge is 0.254 e. The van der Waals surface area contributed by atoms with Crippen molar-refractivity contribution in [2.75, 3.05) is 0 Å². The number of alkyl halides is 6. The van der Waals surface area contributed by atoms with Crippen LogP contribution in [0.1, 0.15) is 11.1 Å². The molecule has 0 saturated heterocycles. The zero-order valence-corrected chi connectivity index (χ0v) is 10.8. The van der Waals surface area contributed by atoms with Crippen LogP contribution in [0.5, 0.6) is 0 Å². The van der Waals surface area contributed by atoms with Gasteiger partial charge in [-0.05, 0) is 18.2 Å². The Morgan fingerprint density at radius 3 is 1.76 bits per heavy atom. The van der Waals surface area contributed by atoms with Crippen molar-refractivity contribution in [2.24, 2.45) is 0 Å². The van der Waals surface area contributed by atoms with Crippen molar-refractivity contribution < 1.29 is 26.3 Å². The van der Waals surface area contributed by atoms with Gasteiger partial charge in [0.15, 0.2) is 0 Å². The van der Waals surface area contributed by atoms with Gasteiger partial charge in [-0.2, -0.15) is 26.3 Å². The topological polar surface area (TPSA) is 12.9 Å². The van der Waals surface area contributed by atoms with Crippen molar-refractivity contribution in [2.45, 2.75) is 12.4 Å². The molecule has 0 atom stereocenters. The molecule has 1 nitrogen and oxygen atoms in total. The molecule has 1 aromatic carbocycles. The maximum absolute atomic E-state index is 12.5. The fourth-order valence-electron chi connectivity index (χ4n) is 1.62. The molecule has 0 spiro atoms. The zero-order chi connectivity index (χ0) is 15.8. The fraction of sp³-hybridized carbons (Fsp3) is 0.154. The summed E-state index contributed by atoms with van der Waals surface area (Å²) in [4.78, 5) is 3.57. The Kier molecular flexibility index (Phi) is 3.88. The average Bonchev–Trinajstić information content (AvgIpc) is 2.36. The van der Waals surface area contributed by atoms with E-state index >= 15 is 0 Å². The van der Waals surface area contributed by atoms with E-state index < -0.39 is 23.5 Å². The molecule has 0 saturated carbocycles. The lowest BCUT2D eigenvalue weighted by Crippen LogP contribution is -2.06. The summed E-state index contributed by atoms with van der Waals surface area (Å²) in [6, 6.07) is 4.51. The minimum atomic E-state index is -4.59. The Hall–Kier alpha value is -1.76. The van der Waals surface area contributed by atoms with Gasteiger partial charge in [0.1, 0.15) is 0 Å². The number of benzene rings is 1. The molecule has 0 fully saturated rings. The van der Waals surface area contributed by atoms with Crippen molar-refractivity contribution in [1.29, 1.82) is 0 Å². The second-order valence-corrected chi connectivity index (χ2v) is 4.53. The fourth-order valence-corrected chi connectivity index (χ4v) is 1.90. The van der Waals surface area contributed by atoms with Crippen molar-refractivity contribution in [1.82, 2.24) is 4.98 Å². The third-order valence-electron chi connectivity index (χ3n) is 2.65. The molecule has 0 aliphatic rings. The highest BCUT2D eigenvalue weighted by Crippen LogP contribution is 2.35. The van der Waals surface area contributed by atoms with Crippen LogP contribution in [-0.4, -0.2) is 4.98 Å². The largest absolute Gasteiger partial charge is 0.417 e. The van der Waals surface area contributed by atoms with E-state index in [9.17, 15) is 26.3 Å². The lowest BCUT2D eigenvalue weighted by molar-refractivity contribution is -0.138. The minimum Gasteiger partial charge on any atom is -0.254 e. The van der Waals surface area contributed by atoms with E-state index in [0.717, 1.165) is 24.3 Å². The number of aromatic nitrogens is 1. The molecule has 0 unspecified atom stereocenters. The number of halogens is 7. The molecule has 0 N–H and O–H groups in total. The van der Waals surface area contributed by atoms with Crippen molar-refractivity contribution >= 4 is 11.6 Å². The molecule has 0 aliphatic heterocycles. The van der Waals surface area contributed by atoms with E-state index in [1.54, 1.807) is 0 Å². The summed E-state index contributed by atoms with van der Waals surface area (Å²) >= 11 is 5.71. The number of rotatable bonds is 1. The first-order chi connectivity index (χ1) is 9.59. The van der Waals surface area contributed by atoms with Gasteiger partial charge >= 0.3 is 12.4 Å². The minimum absolute atomic E-state index is 0.0154. The normalized spacial score (nSPS) is 12.5. The third-order valence-corrected chi connectivity index (χ3v) is 2.94. The molecule has 112 valence electrons. The molecule has 2 aromatic rings. The SMILES string of the molecule is FC(F)(F)c1ccc(-c2ncc(C(F)(F)F)cc2Cl)cc1. The third kappa shape index (κ3) is 3.47. The van der Waals surface area contributed by atoms with Gasteiger partial charge in [-0.1, -0.05) is 23.7 Å². The van der Waals surface area contributed by atoms with Gasteiger partial charge < -0.3 is 0 Å². The lowest BCUT2D eigenvalue weighted by Gasteiger charge is -2.10. The van der Waals surface area contributed by atoms with Crippen molar-refractivity contribution in [3.8, 4) is 11.3 Å². The molecular weight excluding hydrogens is 320 g/mol. The molecule has 0 bridgehead atoms. The van der Waals surface area contributed by atoms with Crippen LogP contribution in [0.25, 0.3) is 11.3 Å². The standard InChI is InChI=1S/C13H6ClF6N/c14-10-5-9(13(18,19)20)6-21-11(10)7-1-3-8(4-2-7)12(15,16)17/h1-6H. The Bertz CT molecular complexity index is 645. The molecule has 2 rings (SSSR count). The number of pyridine rings is 1. The molecule has 0 aliphatic carbocycles. The summed E-state index contributed by atoms with van der Waals surface area (Å²) in [7, 11) is 0. The molecule has 0 amide bonds. The second-order valence-electron chi connectivity index (χ2n) is 4.13. The maximum Gasteiger partial charge on any atom is 0.417 e. The Balaban J connectivity index is 2.39. The predicted octanol–water partition coefficient (Wildman–Crippen LogP) is 5.44. The van der Waals surface area contributed by atoms with Crippen LogP contribution < -0.4 is 0 Å². The van der Waals surface area contributed by atoms with E-state index in [2.05, 4.69) is 4.98 Å². The average molecular weight is 326 g/mol. The van der Waals surface area contributed by atoms with Gasteiger partial charge in [0.25, 0.3) is 0 Å².